The highest BCUT2D eigenvalue weighted by Crippen LogP contribution is 2.36. The van der Waals surface area contributed by atoms with Gasteiger partial charge in [0.1, 0.15) is 17.4 Å². The average Bonchev–Trinajstić information content (AvgIpc) is 2.85. The van der Waals surface area contributed by atoms with Crippen molar-refractivity contribution in [3.63, 3.8) is 0 Å². The van der Waals surface area contributed by atoms with Gasteiger partial charge in [-0.05, 0) is 11.6 Å². The highest BCUT2D eigenvalue weighted by molar-refractivity contribution is 5.71. The molecule has 1 aromatic heterocycles. The van der Waals surface area contributed by atoms with Crippen LogP contribution in [0.1, 0.15) is 18.3 Å². The fraction of sp³-hybridized carbons (Fsp3) is 0.286. The summed E-state index contributed by atoms with van der Waals surface area (Å²) in [6.07, 6.45) is 1.73. The zero-order valence-corrected chi connectivity index (χ0v) is 10.3. The van der Waals surface area contributed by atoms with Crippen LogP contribution in [0.2, 0.25) is 0 Å². The van der Waals surface area contributed by atoms with Crippen LogP contribution in [0, 0.1) is 0 Å². The van der Waals surface area contributed by atoms with Gasteiger partial charge in [0.25, 0.3) is 0 Å². The summed E-state index contributed by atoms with van der Waals surface area (Å²) in [7, 11) is 0. The van der Waals surface area contributed by atoms with Gasteiger partial charge in [0.05, 0.1) is 12.3 Å². The molecule has 1 aliphatic rings. The normalized spacial score (nSPS) is 13.2. The van der Waals surface area contributed by atoms with Crippen molar-refractivity contribution < 1.29 is 4.74 Å². The first-order valence-corrected chi connectivity index (χ1v) is 6.16. The Hall–Kier alpha value is -2.10. The second-order valence-corrected chi connectivity index (χ2v) is 4.34. The topological polar surface area (TPSA) is 61.0 Å². The molecule has 4 nitrogen and oxygen atoms in total. The molecule has 0 radical (unpaired) electrons. The van der Waals surface area contributed by atoms with E-state index in [1.54, 1.807) is 6.07 Å². The summed E-state index contributed by atoms with van der Waals surface area (Å²) in [5, 5.41) is 0. The maximum atomic E-state index is 5.83. The molecule has 0 amide bonds. The lowest BCUT2D eigenvalue weighted by molar-refractivity contribution is 0.358. The van der Waals surface area contributed by atoms with Gasteiger partial charge in [0.2, 0.25) is 0 Å². The summed E-state index contributed by atoms with van der Waals surface area (Å²) in [5.74, 6) is 2.21. The van der Waals surface area contributed by atoms with Crippen LogP contribution in [0.15, 0.2) is 24.3 Å². The number of nitrogens with two attached hydrogens (primary N) is 1. The largest absolute Gasteiger partial charge is 0.492 e. The van der Waals surface area contributed by atoms with Crippen molar-refractivity contribution in [3.05, 3.63) is 35.7 Å². The summed E-state index contributed by atoms with van der Waals surface area (Å²) in [5.41, 5.74) is 8.92. The number of nitrogen functional groups attached to an aromatic ring is 1. The van der Waals surface area contributed by atoms with Crippen molar-refractivity contribution >= 4 is 5.82 Å². The first-order chi connectivity index (χ1) is 8.78. The van der Waals surface area contributed by atoms with E-state index in [1.165, 1.54) is 5.56 Å². The van der Waals surface area contributed by atoms with Gasteiger partial charge in [-0.1, -0.05) is 19.1 Å². The average molecular weight is 241 g/mol. The van der Waals surface area contributed by atoms with E-state index in [2.05, 4.69) is 16.0 Å². The number of hydrogen-bond donors (Lipinski definition) is 1. The number of fused-ring (bicyclic) bond motifs is 1. The maximum Gasteiger partial charge on any atom is 0.132 e. The molecule has 92 valence electrons. The molecule has 2 aromatic rings. The Morgan fingerprint density at radius 2 is 2.22 bits per heavy atom. The molecule has 3 rings (SSSR count). The van der Waals surface area contributed by atoms with Crippen molar-refractivity contribution in [2.75, 3.05) is 12.3 Å². The molecular weight excluding hydrogens is 226 g/mol. The summed E-state index contributed by atoms with van der Waals surface area (Å²) < 4.78 is 5.70. The molecule has 0 atom stereocenters. The lowest BCUT2D eigenvalue weighted by Gasteiger charge is -2.09. The first-order valence-electron chi connectivity index (χ1n) is 6.16. The van der Waals surface area contributed by atoms with Gasteiger partial charge in [-0.2, -0.15) is 0 Å². The molecule has 0 saturated heterocycles. The van der Waals surface area contributed by atoms with Gasteiger partial charge in [-0.25, -0.2) is 9.97 Å². The Kier molecular flexibility index (Phi) is 2.63. The number of aromatic nitrogens is 2. The lowest BCUT2D eigenvalue weighted by atomic mass is 10.1. The summed E-state index contributed by atoms with van der Waals surface area (Å²) in [4.78, 5) is 8.73. The van der Waals surface area contributed by atoms with Crippen LogP contribution in [-0.4, -0.2) is 16.6 Å². The lowest BCUT2D eigenvalue weighted by Crippen LogP contribution is -2.00. The predicted octanol–water partition coefficient (Wildman–Crippen LogP) is 2.22. The smallest absolute Gasteiger partial charge is 0.132 e. The minimum absolute atomic E-state index is 0.507. The predicted molar refractivity (Wildman–Crippen MR) is 70.5 cm³/mol. The van der Waals surface area contributed by atoms with E-state index in [-0.39, 0.29) is 0 Å². The van der Waals surface area contributed by atoms with Gasteiger partial charge < -0.3 is 10.5 Å². The minimum Gasteiger partial charge on any atom is -0.492 e. The van der Waals surface area contributed by atoms with E-state index in [0.717, 1.165) is 42.3 Å². The Labute approximate surface area is 106 Å². The molecule has 0 unspecified atom stereocenters. The molecule has 2 N–H and O–H groups in total. The van der Waals surface area contributed by atoms with Crippen LogP contribution in [-0.2, 0) is 12.8 Å². The summed E-state index contributed by atoms with van der Waals surface area (Å²) in [6.45, 7) is 2.76. The van der Waals surface area contributed by atoms with Crippen LogP contribution in [0.5, 0.6) is 5.75 Å². The third-order valence-corrected chi connectivity index (χ3v) is 3.10. The minimum atomic E-state index is 0.507. The van der Waals surface area contributed by atoms with Crippen LogP contribution in [0.3, 0.4) is 0 Å². The van der Waals surface area contributed by atoms with Crippen LogP contribution in [0.4, 0.5) is 5.82 Å². The number of anilines is 1. The highest BCUT2D eigenvalue weighted by atomic mass is 16.5. The summed E-state index contributed by atoms with van der Waals surface area (Å²) >= 11 is 0. The van der Waals surface area contributed by atoms with Crippen LogP contribution in [0.25, 0.3) is 11.3 Å². The maximum absolute atomic E-state index is 5.83. The molecule has 4 heteroatoms. The number of hydrogen-bond acceptors (Lipinski definition) is 4. The quantitative estimate of drug-likeness (QED) is 0.875. The van der Waals surface area contributed by atoms with Gasteiger partial charge in [-0.15, -0.1) is 0 Å². The Balaban J connectivity index is 2.15. The number of nitrogens with zero attached hydrogens (tertiary/aromatic N) is 2. The van der Waals surface area contributed by atoms with E-state index in [9.17, 15) is 0 Å². The molecule has 0 aliphatic carbocycles. The highest BCUT2D eigenvalue weighted by Gasteiger charge is 2.18. The molecular formula is C14H15N3O. The molecule has 1 aromatic carbocycles. The Morgan fingerprint density at radius 1 is 1.33 bits per heavy atom. The van der Waals surface area contributed by atoms with Gasteiger partial charge in [0.15, 0.2) is 0 Å². The van der Waals surface area contributed by atoms with E-state index in [1.807, 2.05) is 19.1 Å². The molecule has 2 heterocycles. The number of rotatable bonds is 2. The SMILES string of the molecule is CCc1nc(N)cc(-c2cccc3c2OCC3)n1. The molecule has 0 saturated carbocycles. The van der Waals surface area contributed by atoms with Gasteiger partial charge in [-0.3, -0.25) is 0 Å². The number of para-hydroxylation sites is 1. The Bertz CT molecular complexity index is 596. The molecule has 0 fully saturated rings. The zero-order valence-electron chi connectivity index (χ0n) is 10.3. The molecule has 18 heavy (non-hydrogen) atoms. The van der Waals surface area contributed by atoms with Crippen LogP contribution >= 0.6 is 0 Å². The van der Waals surface area contributed by atoms with Crippen molar-refractivity contribution in [3.8, 4) is 17.0 Å². The molecule has 1 aliphatic heterocycles. The van der Waals surface area contributed by atoms with Crippen molar-refractivity contribution in [1.82, 2.24) is 9.97 Å². The molecule has 0 spiro atoms. The van der Waals surface area contributed by atoms with Gasteiger partial charge >= 0.3 is 0 Å². The molecule has 0 bridgehead atoms. The van der Waals surface area contributed by atoms with Gasteiger partial charge in [0, 0.05) is 24.5 Å². The van der Waals surface area contributed by atoms with Crippen molar-refractivity contribution in [2.24, 2.45) is 0 Å². The second-order valence-electron chi connectivity index (χ2n) is 4.34. The van der Waals surface area contributed by atoms with Crippen LogP contribution < -0.4 is 10.5 Å². The third kappa shape index (κ3) is 1.79. The van der Waals surface area contributed by atoms with E-state index >= 15 is 0 Å². The van der Waals surface area contributed by atoms with E-state index in [4.69, 9.17) is 10.5 Å². The van der Waals surface area contributed by atoms with E-state index in [0.29, 0.717) is 5.82 Å². The fourth-order valence-corrected chi connectivity index (χ4v) is 2.23. The van der Waals surface area contributed by atoms with Crippen molar-refractivity contribution in [1.29, 1.82) is 0 Å². The number of aryl methyl sites for hydroxylation is 1. The third-order valence-electron chi connectivity index (χ3n) is 3.10. The second kappa shape index (κ2) is 4.29. The summed E-state index contributed by atoms with van der Waals surface area (Å²) in [6, 6.07) is 7.95. The number of benzene rings is 1. The zero-order chi connectivity index (χ0) is 12.5. The standard InChI is InChI=1S/C14H15N3O/c1-2-13-16-11(8-12(15)17-13)10-5-3-4-9-6-7-18-14(9)10/h3-5,8H,2,6-7H2,1H3,(H2,15,16,17). The monoisotopic (exact) mass is 241 g/mol. The van der Waals surface area contributed by atoms with Crippen molar-refractivity contribution in [2.45, 2.75) is 19.8 Å². The Morgan fingerprint density at radius 3 is 3.06 bits per heavy atom. The number of ether oxygens (including phenoxy) is 1. The van der Waals surface area contributed by atoms with E-state index < -0.39 is 0 Å². The first kappa shape index (κ1) is 11.0. The fourth-order valence-electron chi connectivity index (χ4n) is 2.23.